The van der Waals surface area contributed by atoms with E-state index < -0.39 is 0 Å². The summed E-state index contributed by atoms with van der Waals surface area (Å²) in [6.07, 6.45) is 3.76. The van der Waals surface area contributed by atoms with E-state index in [0.717, 1.165) is 5.56 Å². The summed E-state index contributed by atoms with van der Waals surface area (Å²) in [5.74, 6) is -0.321. The van der Waals surface area contributed by atoms with E-state index in [4.69, 9.17) is 5.11 Å². The molecular formula is C9H12FNO. The highest BCUT2D eigenvalue weighted by molar-refractivity contribution is 5.10. The van der Waals surface area contributed by atoms with Gasteiger partial charge in [0.15, 0.2) is 0 Å². The van der Waals surface area contributed by atoms with Crippen LogP contribution >= 0.6 is 0 Å². The molecule has 1 N–H and O–H groups in total. The molecule has 0 fully saturated rings. The van der Waals surface area contributed by atoms with Gasteiger partial charge in [0.1, 0.15) is 5.82 Å². The number of aliphatic hydroxyl groups is 1. The van der Waals surface area contributed by atoms with E-state index >= 15 is 0 Å². The van der Waals surface area contributed by atoms with Gasteiger partial charge < -0.3 is 5.11 Å². The molecule has 1 aromatic rings. The van der Waals surface area contributed by atoms with Crippen molar-refractivity contribution < 1.29 is 9.50 Å². The predicted molar refractivity (Wildman–Crippen MR) is 44.2 cm³/mol. The van der Waals surface area contributed by atoms with Gasteiger partial charge in [-0.2, -0.15) is 0 Å². The fraction of sp³-hybridized carbons (Fsp3) is 0.444. The van der Waals surface area contributed by atoms with E-state index in [1.165, 1.54) is 12.3 Å². The topological polar surface area (TPSA) is 33.1 Å². The normalized spacial score (nSPS) is 12.9. The Bertz CT molecular complexity index is 250. The second-order valence-corrected chi connectivity index (χ2v) is 2.90. The second kappa shape index (κ2) is 4.16. The van der Waals surface area contributed by atoms with Gasteiger partial charge in [0.05, 0.1) is 12.3 Å². The Morgan fingerprint density at radius 1 is 1.58 bits per heavy atom. The van der Waals surface area contributed by atoms with Crippen molar-refractivity contribution in [1.29, 1.82) is 0 Å². The third kappa shape index (κ3) is 2.96. The highest BCUT2D eigenvalue weighted by atomic mass is 19.1. The Labute approximate surface area is 71.1 Å². The lowest BCUT2D eigenvalue weighted by Gasteiger charge is -2.02. The summed E-state index contributed by atoms with van der Waals surface area (Å²) in [6, 6.07) is 1.44. The average molecular weight is 169 g/mol. The molecule has 0 aliphatic rings. The van der Waals surface area contributed by atoms with E-state index in [1.807, 2.05) is 0 Å². The summed E-state index contributed by atoms with van der Waals surface area (Å²) in [5.41, 5.74) is 0.830. The van der Waals surface area contributed by atoms with Crippen LogP contribution in [0.15, 0.2) is 18.5 Å². The van der Waals surface area contributed by atoms with Crippen molar-refractivity contribution in [2.24, 2.45) is 0 Å². The zero-order chi connectivity index (χ0) is 8.97. The quantitative estimate of drug-likeness (QED) is 0.744. The number of aliphatic hydroxyl groups excluding tert-OH is 1. The van der Waals surface area contributed by atoms with Crippen molar-refractivity contribution in [2.75, 3.05) is 0 Å². The molecule has 0 bridgehead atoms. The Kier molecular flexibility index (Phi) is 3.17. The molecule has 0 aliphatic carbocycles. The molecule has 1 rings (SSSR count). The highest BCUT2D eigenvalue weighted by Crippen LogP contribution is 2.05. The van der Waals surface area contributed by atoms with Gasteiger partial charge in [-0.3, -0.25) is 4.98 Å². The van der Waals surface area contributed by atoms with Crippen molar-refractivity contribution in [3.8, 4) is 0 Å². The summed E-state index contributed by atoms with van der Waals surface area (Å²) in [6.45, 7) is 1.72. The number of halogens is 1. The molecule has 0 radical (unpaired) electrons. The monoisotopic (exact) mass is 169 g/mol. The van der Waals surface area contributed by atoms with E-state index in [1.54, 1.807) is 13.1 Å². The van der Waals surface area contributed by atoms with Crippen LogP contribution in [0.3, 0.4) is 0 Å². The lowest BCUT2D eigenvalue weighted by atomic mass is 10.1. The first-order valence-corrected chi connectivity index (χ1v) is 3.96. The van der Waals surface area contributed by atoms with E-state index in [9.17, 15) is 4.39 Å². The van der Waals surface area contributed by atoms with Crippen LogP contribution in [0.5, 0.6) is 0 Å². The zero-order valence-corrected chi connectivity index (χ0v) is 7.00. The molecule has 2 nitrogen and oxygen atoms in total. The largest absolute Gasteiger partial charge is 0.393 e. The molecule has 0 saturated heterocycles. The third-order valence-electron chi connectivity index (χ3n) is 1.61. The van der Waals surface area contributed by atoms with Crippen molar-refractivity contribution in [3.63, 3.8) is 0 Å². The first-order chi connectivity index (χ1) is 5.68. The average Bonchev–Trinajstić information content (AvgIpc) is 2.01. The minimum absolute atomic E-state index is 0.321. The molecule has 0 aromatic carbocycles. The Balaban J connectivity index is 2.52. The summed E-state index contributed by atoms with van der Waals surface area (Å²) in [4.78, 5) is 3.71. The van der Waals surface area contributed by atoms with Gasteiger partial charge in [0, 0.05) is 6.20 Å². The maximum atomic E-state index is 12.6. The summed E-state index contributed by atoms with van der Waals surface area (Å²) in [5, 5.41) is 8.97. The van der Waals surface area contributed by atoms with Crippen LogP contribution in [0.25, 0.3) is 0 Å². The molecule has 1 atom stereocenters. The van der Waals surface area contributed by atoms with Gasteiger partial charge in [-0.15, -0.1) is 0 Å². The molecule has 0 saturated carbocycles. The first-order valence-electron chi connectivity index (χ1n) is 3.96. The lowest BCUT2D eigenvalue weighted by Crippen LogP contribution is -2.01. The number of hydrogen-bond acceptors (Lipinski definition) is 2. The predicted octanol–water partition coefficient (Wildman–Crippen LogP) is 1.53. The third-order valence-corrected chi connectivity index (χ3v) is 1.61. The molecule has 0 unspecified atom stereocenters. The SMILES string of the molecule is C[C@@H](O)CCc1cncc(F)c1. The number of aromatic nitrogens is 1. The van der Waals surface area contributed by atoms with Gasteiger partial charge in [0.25, 0.3) is 0 Å². The van der Waals surface area contributed by atoms with Gasteiger partial charge in [0.2, 0.25) is 0 Å². The fourth-order valence-electron chi connectivity index (χ4n) is 0.968. The maximum absolute atomic E-state index is 12.6. The Hall–Kier alpha value is -0.960. The molecule has 66 valence electrons. The maximum Gasteiger partial charge on any atom is 0.141 e. The zero-order valence-electron chi connectivity index (χ0n) is 7.00. The standard InChI is InChI=1S/C9H12FNO/c1-7(12)2-3-8-4-9(10)6-11-5-8/h4-7,12H,2-3H2,1H3/t7-/m1/s1. The van der Waals surface area contributed by atoms with Gasteiger partial charge in [-0.05, 0) is 31.4 Å². The van der Waals surface area contributed by atoms with E-state index in [0.29, 0.717) is 12.8 Å². The van der Waals surface area contributed by atoms with Gasteiger partial charge in [-0.1, -0.05) is 0 Å². The molecule has 0 aliphatic heterocycles. The van der Waals surface area contributed by atoms with Crippen LogP contribution in [0.1, 0.15) is 18.9 Å². The first kappa shape index (κ1) is 9.13. The van der Waals surface area contributed by atoms with Crippen LogP contribution in [0.4, 0.5) is 4.39 Å². The molecule has 1 heterocycles. The van der Waals surface area contributed by atoms with Crippen molar-refractivity contribution in [2.45, 2.75) is 25.9 Å². The fourth-order valence-corrected chi connectivity index (χ4v) is 0.968. The minimum Gasteiger partial charge on any atom is -0.393 e. The second-order valence-electron chi connectivity index (χ2n) is 2.90. The molecule has 0 amide bonds. The number of rotatable bonds is 3. The number of pyridine rings is 1. The van der Waals surface area contributed by atoms with Crippen LogP contribution in [-0.4, -0.2) is 16.2 Å². The Morgan fingerprint density at radius 3 is 2.92 bits per heavy atom. The number of hydrogen-bond donors (Lipinski definition) is 1. The van der Waals surface area contributed by atoms with Crippen LogP contribution in [0, 0.1) is 5.82 Å². The summed E-state index contributed by atoms with van der Waals surface area (Å²) < 4.78 is 12.6. The molecule has 12 heavy (non-hydrogen) atoms. The van der Waals surface area contributed by atoms with Crippen LogP contribution in [0.2, 0.25) is 0 Å². The molecule has 1 aromatic heterocycles. The molecule has 0 spiro atoms. The number of aryl methyl sites for hydroxylation is 1. The lowest BCUT2D eigenvalue weighted by molar-refractivity contribution is 0.185. The summed E-state index contributed by atoms with van der Waals surface area (Å²) in [7, 11) is 0. The minimum atomic E-state index is -0.340. The van der Waals surface area contributed by atoms with Crippen LogP contribution in [-0.2, 0) is 6.42 Å². The van der Waals surface area contributed by atoms with Crippen molar-refractivity contribution in [1.82, 2.24) is 4.98 Å². The Morgan fingerprint density at radius 2 is 2.33 bits per heavy atom. The number of nitrogens with zero attached hydrogens (tertiary/aromatic N) is 1. The van der Waals surface area contributed by atoms with Gasteiger partial charge >= 0.3 is 0 Å². The molecular weight excluding hydrogens is 157 g/mol. The van der Waals surface area contributed by atoms with Crippen molar-refractivity contribution in [3.05, 3.63) is 29.8 Å². The van der Waals surface area contributed by atoms with Crippen molar-refractivity contribution >= 4 is 0 Å². The molecule has 3 heteroatoms. The van der Waals surface area contributed by atoms with E-state index in [-0.39, 0.29) is 11.9 Å². The summed E-state index contributed by atoms with van der Waals surface area (Å²) >= 11 is 0. The van der Waals surface area contributed by atoms with Gasteiger partial charge in [-0.25, -0.2) is 4.39 Å². The smallest absolute Gasteiger partial charge is 0.141 e. The van der Waals surface area contributed by atoms with E-state index in [2.05, 4.69) is 4.98 Å². The van der Waals surface area contributed by atoms with Crippen LogP contribution < -0.4 is 0 Å². The highest BCUT2D eigenvalue weighted by Gasteiger charge is 1.99.